The molecule has 2 aromatic heterocycles. The van der Waals surface area contributed by atoms with Crippen molar-refractivity contribution in [2.24, 2.45) is 11.8 Å². The van der Waals surface area contributed by atoms with Gasteiger partial charge in [0, 0.05) is 24.7 Å². The van der Waals surface area contributed by atoms with Crippen molar-refractivity contribution in [2.75, 3.05) is 13.1 Å². The first-order chi connectivity index (χ1) is 8.92. The van der Waals surface area contributed by atoms with Crippen molar-refractivity contribution < 1.29 is 4.42 Å². The summed E-state index contributed by atoms with van der Waals surface area (Å²) >= 11 is 0. The van der Waals surface area contributed by atoms with Gasteiger partial charge in [0.1, 0.15) is 11.3 Å². The summed E-state index contributed by atoms with van der Waals surface area (Å²) in [6.45, 7) is 2.24. The van der Waals surface area contributed by atoms with E-state index in [-0.39, 0.29) is 0 Å². The highest BCUT2D eigenvalue weighted by Gasteiger charge is 2.33. The maximum atomic E-state index is 5.96. The van der Waals surface area contributed by atoms with E-state index in [2.05, 4.69) is 22.4 Å². The second-order valence-electron chi connectivity index (χ2n) is 5.26. The molecule has 0 spiro atoms. The van der Waals surface area contributed by atoms with Gasteiger partial charge in [-0.3, -0.25) is 4.98 Å². The molecule has 2 aromatic rings. The largest absolute Gasteiger partial charge is 0.455 e. The van der Waals surface area contributed by atoms with Crippen LogP contribution in [0.15, 0.2) is 34.9 Å². The van der Waals surface area contributed by atoms with Gasteiger partial charge in [-0.2, -0.15) is 0 Å². The van der Waals surface area contributed by atoms with Gasteiger partial charge in [0.2, 0.25) is 0 Å². The van der Waals surface area contributed by atoms with Gasteiger partial charge in [-0.25, -0.2) is 0 Å². The molecule has 0 saturated carbocycles. The summed E-state index contributed by atoms with van der Waals surface area (Å²) in [7, 11) is 0. The fourth-order valence-electron chi connectivity index (χ4n) is 3.30. The smallest absolute Gasteiger partial charge is 0.153 e. The lowest BCUT2D eigenvalue weighted by Crippen LogP contribution is -2.17. The molecule has 3 nitrogen and oxygen atoms in total. The van der Waals surface area contributed by atoms with Crippen molar-refractivity contribution in [1.82, 2.24) is 10.3 Å². The number of allylic oxidation sites excluding steroid dienone is 1. The van der Waals surface area contributed by atoms with Gasteiger partial charge < -0.3 is 9.73 Å². The van der Waals surface area contributed by atoms with E-state index in [9.17, 15) is 0 Å². The first-order valence-corrected chi connectivity index (χ1v) is 6.67. The quantitative estimate of drug-likeness (QED) is 0.833. The highest BCUT2D eigenvalue weighted by Crippen LogP contribution is 2.39. The van der Waals surface area contributed by atoms with Gasteiger partial charge in [0.15, 0.2) is 5.58 Å². The molecule has 0 radical (unpaired) electrons. The highest BCUT2D eigenvalue weighted by molar-refractivity contribution is 5.79. The van der Waals surface area contributed by atoms with Gasteiger partial charge in [-0.05, 0) is 43.0 Å². The van der Waals surface area contributed by atoms with E-state index < -0.39 is 0 Å². The van der Waals surface area contributed by atoms with Crippen LogP contribution in [0.25, 0.3) is 16.7 Å². The van der Waals surface area contributed by atoms with Crippen LogP contribution >= 0.6 is 0 Å². The van der Waals surface area contributed by atoms with E-state index >= 15 is 0 Å². The molecule has 0 amide bonds. The van der Waals surface area contributed by atoms with E-state index in [1.54, 1.807) is 0 Å². The Labute approximate surface area is 106 Å². The lowest BCUT2D eigenvalue weighted by atomic mass is 9.80. The zero-order valence-electron chi connectivity index (χ0n) is 10.2. The van der Waals surface area contributed by atoms with Crippen LogP contribution in [-0.4, -0.2) is 18.1 Å². The molecule has 1 aliphatic heterocycles. The number of furan rings is 1. The Hall–Kier alpha value is -1.61. The lowest BCUT2D eigenvalue weighted by Gasteiger charge is -2.24. The fraction of sp³-hybridized carbons (Fsp3) is 0.400. The minimum atomic E-state index is 0.624. The Bertz CT molecular complexity index is 581. The molecule has 3 heteroatoms. The van der Waals surface area contributed by atoms with Gasteiger partial charge >= 0.3 is 0 Å². The fourth-order valence-corrected chi connectivity index (χ4v) is 3.30. The predicted octanol–water partition coefficient (Wildman–Crippen LogP) is 2.84. The number of aromatic nitrogens is 1. The first kappa shape index (κ1) is 10.3. The van der Waals surface area contributed by atoms with Crippen LogP contribution in [0.4, 0.5) is 0 Å². The van der Waals surface area contributed by atoms with Gasteiger partial charge in [0.25, 0.3) is 0 Å². The number of fused-ring (bicyclic) bond motifs is 2. The van der Waals surface area contributed by atoms with Gasteiger partial charge in [0.05, 0.1) is 0 Å². The average Bonchev–Trinajstić information content (AvgIpc) is 3.04. The minimum Gasteiger partial charge on any atom is -0.455 e. The van der Waals surface area contributed by atoms with Crippen molar-refractivity contribution >= 4 is 16.7 Å². The zero-order chi connectivity index (χ0) is 11.9. The maximum Gasteiger partial charge on any atom is 0.153 e. The van der Waals surface area contributed by atoms with E-state index in [4.69, 9.17) is 4.42 Å². The Balaban J connectivity index is 1.79. The minimum absolute atomic E-state index is 0.624. The van der Waals surface area contributed by atoms with E-state index in [1.165, 1.54) is 18.4 Å². The van der Waals surface area contributed by atoms with E-state index in [0.29, 0.717) is 5.92 Å². The summed E-state index contributed by atoms with van der Waals surface area (Å²) in [5.41, 5.74) is 3.23. The van der Waals surface area contributed by atoms with Crippen LogP contribution in [0.3, 0.4) is 0 Å². The van der Waals surface area contributed by atoms with Gasteiger partial charge in [-0.1, -0.05) is 6.08 Å². The molecule has 1 aliphatic carbocycles. The monoisotopic (exact) mass is 240 g/mol. The molecule has 2 aliphatic rings. The molecule has 1 saturated heterocycles. The Morgan fingerprint density at radius 1 is 1.33 bits per heavy atom. The standard InChI is InChI=1S/C15H16N2O/c1-3-10-8-16-9-12(10)11(4-1)15-7-13-14(18-15)5-2-6-17-13/h2,4-7,10,12,16H,1,3,8-9H2/t10-,12+/m0/s1. The molecule has 4 rings (SSSR count). The molecule has 0 unspecified atom stereocenters. The van der Waals surface area contributed by atoms with Crippen molar-refractivity contribution in [3.05, 3.63) is 36.2 Å². The molecular formula is C15H16N2O. The third kappa shape index (κ3) is 1.51. The van der Waals surface area contributed by atoms with Crippen LogP contribution in [-0.2, 0) is 0 Å². The molecular weight excluding hydrogens is 224 g/mol. The Kier molecular flexibility index (Phi) is 2.27. The molecule has 1 fully saturated rings. The van der Waals surface area contributed by atoms with Crippen molar-refractivity contribution in [3.8, 4) is 0 Å². The number of hydrogen-bond donors (Lipinski definition) is 1. The first-order valence-electron chi connectivity index (χ1n) is 6.67. The molecule has 3 heterocycles. The normalized spacial score (nSPS) is 27.2. The number of nitrogens with zero attached hydrogens (tertiary/aromatic N) is 1. The molecule has 0 bridgehead atoms. The molecule has 92 valence electrons. The van der Waals surface area contributed by atoms with Crippen molar-refractivity contribution in [2.45, 2.75) is 12.8 Å². The lowest BCUT2D eigenvalue weighted by molar-refractivity contribution is 0.444. The summed E-state index contributed by atoms with van der Waals surface area (Å²) in [4.78, 5) is 4.35. The van der Waals surface area contributed by atoms with Crippen LogP contribution in [0.2, 0.25) is 0 Å². The zero-order valence-corrected chi connectivity index (χ0v) is 10.2. The summed E-state index contributed by atoms with van der Waals surface area (Å²) < 4.78 is 5.96. The average molecular weight is 240 g/mol. The van der Waals surface area contributed by atoms with E-state index in [1.807, 2.05) is 18.3 Å². The van der Waals surface area contributed by atoms with E-state index in [0.717, 1.165) is 35.9 Å². The number of nitrogens with one attached hydrogen (secondary N) is 1. The topological polar surface area (TPSA) is 38.1 Å². The second kappa shape index (κ2) is 3.95. The van der Waals surface area contributed by atoms with Crippen LogP contribution < -0.4 is 5.32 Å². The highest BCUT2D eigenvalue weighted by atomic mass is 16.3. The van der Waals surface area contributed by atoms with Crippen molar-refractivity contribution in [1.29, 1.82) is 0 Å². The Morgan fingerprint density at radius 2 is 2.33 bits per heavy atom. The van der Waals surface area contributed by atoms with Crippen LogP contribution in [0, 0.1) is 11.8 Å². The number of hydrogen-bond acceptors (Lipinski definition) is 3. The molecule has 0 aromatic carbocycles. The maximum absolute atomic E-state index is 5.96. The predicted molar refractivity (Wildman–Crippen MR) is 71.1 cm³/mol. The molecule has 18 heavy (non-hydrogen) atoms. The van der Waals surface area contributed by atoms with Crippen molar-refractivity contribution in [3.63, 3.8) is 0 Å². The SMILES string of the molecule is C1=C(c2cc3ncccc3o2)[C@@H]2CNC[C@@H]2CC1. The summed E-state index contributed by atoms with van der Waals surface area (Å²) in [6, 6.07) is 5.99. The van der Waals surface area contributed by atoms with Gasteiger partial charge in [-0.15, -0.1) is 0 Å². The Morgan fingerprint density at radius 3 is 3.28 bits per heavy atom. The summed E-state index contributed by atoms with van der Waals surface area (Å²) in [6.07, 6.45) is 6.64. The molecule has 2 atom stereocenters. The summed E-state index contributed by atoms with van der Waals surface area (Å²) in [5.74, 6) is 2.42. The second-order valence-corrected chi connectivity index (χ2v) is 5.26. The van der Waals surface area contributed by atoms with Crippen LogP contribution in [0.1, 0.15) is 18.6 Å². The van der Waals surface area contributed by atoms with Crippen LogP contribution in [0.5, 0.6) is 0 Å². The summed E-state index contributed by atoms with van der Waals surface area (Å²) in [5, 5.41) is 3.50. The molecule has 1 N–H and O–H groups in total. The number of pyridine rings is 1. The third-order valence-corrected chi connectivity index (χ3v) is 4.21. The number of rotatable bonds is 1. The third-order valence-electron chi connectivity index (χ3n) is 4.21.